The Balaban J connectivity index is 1.36. The Bertz CT molecular complexity index is 1500. The Morgan fingerprint density at radius 1 is 1.13 bits per heavy atom. The Kier molecular flexibility index (Phi) is 7.75. The molecule has 12 heteroatoms. The summed E-state index contributed by atoms with van der Waals surface area (Å²) in [6.45, 7) is 1.64. The number of nitrogens with one attached hydrogen (secondary N) is 2. The predicted molar refractivity (Wildman–Crippen MR) is 148 cm³/mol. The average Bonchev–Trinajstić information content (AvgIpc) is 3.33. The van der Waals surface area contributed by atoms with Crippen LogP contribution >= 0.6 is 22.9 Å². The van der Waals surface area contributed by atoms with Crippen LogP contribution in [0.4, 0.5) is 0 Å². The molecule has 2 aliphatic rings. The molecule has 10 nitrogen and oxygen atoms in total. The highest BCUT2D eigenvalue weighted by Crippen LogP contribution is 2.29. The number of hydrogen-bond donors (Lipinski definition) is 2. The molecule has 3 amide bonds. The first-order valence-corrected chi connectivity index (χ1v) is 14.0. The van der Waals surface area contributed by atoms with Crippen molar-refractivity contribution in [3.8, 4) is 0 Å². The number of nitrogens with zero attached hydrogens (tertiary/aromatic N) is 3. The summed E-state index contributed by atoms with van der Waals surface area (Å²) >= 11 is 7.36. The first kappa shape index (κ1) is 27.3. The molecular weight excluding hydrogens is 542 g/mol. The van der Waals surface area contributed by atoms with Crippen LogP contribution in [0.2, 0.25) is 5.02 Å². The van der Waals surface area contributed by atoms with Gasteiger partial charge in [-0.1, -0.05) is 11.6 Å². The number of thiazole rings is 1. The van der Waals surface area contributed by atoms with Gasteiger partial charge in [0.2, 0.25) is 5.91 Å². The van der Waals surface area contributed by atoms with E-state index in [2.05, 4.69) is 20.5 Å². The topological polar surface area (TPSA) is 125 Å². The zero-order valence-corrected chi connectivity index (χ0v) is 23.5. The van der Waals surface area contributed by atoms with Crippen LogP contribution in [0.3, 0.4) is 0 Å². The zero-order chi connectivity index (χ0) is 27.8. The molecule has 1 saturated carbocycles. The second kappa shape index (κ2) is 11.1. The molecule has 1 aliphatic heterocycles. The summed E-state index contributed by atoms with van der Waals surface area (Å²) in [4.78, 5) is 61.2. The minimum Gasteiger partial charge on any atom is -0.451 e. The molecule has 5 rings (SSSR count). The highest BCUT2D eigenvalue weighted by atomic mass is 35.5. The Morgan fingerprint density at radius 3 is 2.67 bits per heavy atom. The molecule has 3 aromatic rings. The van der Waals surface area contributed by atoms with Crippen molar-refractivity contribution in [3.63, 3.8) is 0 Å². The van der Waals surface area contributed by atoms with Crippen LogP contribution in [0.5, 0.6) is 0 Å². The summed E-state index contributed by atoms with van der Waals surface area (Å²) in [5.41, 5.74) is 0.818. The summed E-state index contributed by atoms with van der Waals surface area (Å²) in [5.74, 6) is -1.35. The second-order valence-corrected chi connectivity index (χ2v) is 11.9. The summed E-state index contributed by atoms with van der Waals surface area (Å²) in [5, 5.41) is 7.01. The van der Waals surface area contributed by atoms with Crippen molar-refractivity contribution in [1.82, 2.24) is 25.4 Å². The molecular formula is C27H30ClN5O5S. The number of halogens is 1. The van der Waals surface area contributed by atoms with Crippen molar-refractivity contribution in [3.05, 3.63) is 60.9 Å². The second-order valence-electron chi connectivity index (χ2n) is 10.4. The van der Waals surface area contributed by atoms with Crippen LogP contribution in [-0.2, 0) is 17.8 Å². The molecule has 0 saturated heterocycles. The van der Waals surface area contributed by atoms with Gasteiger partial charge in [0.05, 0.1) is 17.1 Å². The fourth-order valence-corrected chi connectivity index (χ4v) is 6.49. The zero-order valence-electron chi connectivity index (χ0n) is 22.0. The number of fused-ring (bicyclic) bond motifs is 2. The summed E-state index contributed by atoms with van der Waals surface area (Å²) in [6.07, 6.45) is 2.17. The van der Waals surface area contributed by atoms with Gasteiger partial charge in [-0.2, -0.15) is 0 Å². The van der Waals surface area contributed by atoms with E-state index in [1.54, 1.807) is 31.1 Å². The van der Waals surface area contributed by atoms with Gasteiger partial charge in [-0.3, -0.25) is 19.2 Å². The maximum atomic E-state index is 13.3. The number of aromatic nitrogens is 1. The smallest absolute Gasteiger partial charge is 0.287 e. The molecule has 3 atom stereocenters. The third-order valence-corrected chi connectivity index (χ3v) is 8.62. The molecule has 2 N–H and O–H groups in total. The van der Waals surface area contributed by atoms with Crippen molar-refractivity contribution >= 4 is 51.6 Å². The molecule has 0 radical (unpaired) electrons. The van der Waals surface area contributed by atoms with Crippen molar-refractivity contribution in [2.75, 3.05) is 27.7 Å². The Morgan fingerprint density at radius 2 is 1.90 bits per heavy atom. The van der Waals surface area contributed by atoms with Gasteiger partial charge in [-0.25, -0.2) is 4.98 Å². The van der Waals surface area contributed by atoms with E-state index in [1.165, 1.54) is 17.4 Å². The lowest BCUT2D eigenvalue weighted by atomic mass is 9.81. The molecule has 39 heavy (non-hydrogen) atoms. The van der Waals surface area contributed by atoms with Gasteiger partial charge in [0.15, 0.2) is 16.2 Å². The van der Waals surface area contributed by atoms with Gasteiger partial charge in [-0.15, -0.1) is 11.3 Å². The van der Waals surface area contributed by atoms with Crippen LogP contribution < -0.4 is 16.1 Å². The summed E-state index contributed by atoms with van der Waals surface area (Å²) in [7, 11) is 5.44. The molecule has 1 fully saturated rings. The van der Waals surface area contributed by atoms with Gasteiger partial charge in [0.1, 0.15) is 5.58 Å². The van der Waals surface area contributed by atoms with Gasteiger partial charge < -0.3 is 24.9 Å². The minimum absolute atomic E-state index is 0.0223. The van der Waals surface area contributed by atoms with Gasteiger partial charge >= 0.3 is 0 Å². The third-order valence-electron chi connectivity index (χ3n) is 7.30. The van der Waals surface area contributed by atoms with E-state index in [-0.39, 0.29) is 39.9 Å². The van der Waals surface area contributed by atoms with Crippen molar-refractivity contribution in [2.24, 2.45) is 5.92 Å². The van der Waals surface area contributed by atoms with Crippen LogP contribution in [0, 0.1) is 5.92 Å². The highest BCUT2D eigenvalue weighted by Gasteiger charge is 2.37. The Labute approximate surface area is 234 Å². The van der Waals surface area contributed by atoms with Gasteiger partial charge in [0.25, 0.3) is 11.8 Å². The fraction of sp³-hybridized carbons (Fsp3) is 0.444. The lowest BCUT2D eigenvalue weighted by Crippen LogP contribution is -2.56. The van der Waals surface area contributed by atoms with E-state index < -0.39 is 18.0 Å². The standard InChI is InChI=1S/C27H30ClN5O5S/c1-32(2)27(37)14-4-6-17(29-24(35)22-12-20(34)16-11-15(28)5-7-21(16)38-22)19(10-14)30-25(36)26-31-18-8-9-33(3)13-23(18)39-26/h5,7,11-12,14,17,19H,4,6,8-10,13H2,1-3H3,(H,29,35)(H,30,36)/t14-,17-,19+/m0/s1. The number of rotatable bonds is 5. The minimum atomic E-state index is -0.571. The van der Waals surface area contributed by atoms with Crippen LogP contribution in [-0.4, -0.2) is 72.3 Å². The molecule has 0 spiro atoms. The van der Waals surface area contributed by atoms with Crippen molar-refractivity contribution in [2.45, 2.75) is 44.3 Å². The maximum Gasteiger partial charge on any atom is 0.287 e. The predicted octanol–water partition coefficient (Wildman–Crippen LogP) is 2.68. The van der Waals surface area contributed by atoms with Crippen LogP contribution in [0.25, 0.3) is 11.0 Å². The van der Waals surface area contributed by atoms with E-state index in [4.69, 9.17) is 16.0 Å². The van der Waals surface area contributed by atoms with E-state index in [0.29, 0.717) is 29.3 Å². The lowest BCUT2D eigenvalue weighted by Gasteiger charge is -2.37. The van der Waals surface area contributed by atoms with Crippen LogP contribution in [0.1, 0.15) is 50.2 Å². The number of benzene rings is 1. The van der Waals surface area contributed by atoms with E-state index in [9.17, 15) is 19.2 Å². The molecule has 1 aromatic carbocycles. The lowest BCUT2D eigenvalue weighted by molar-refractivity contribution is -0.134. The number of amides is 3. The first-order valence-electron chi connectivity index (χ1n) is 12.8. The molecule has 1 aliphatic carbocycles. The normalized spacial score (nSPS) is 21.3. The summed E-state index contributed by atoms with van der Waals surface area (Å²) in [6, 6.07) is 4.77. The first-order chi connectivity index (χ1) is 18.6. The summed E-state index contributed by atoms with van der Waals surface area (Å²) < 4.78 is 5.70. The average molecular weight is 572 g/mol. The molecule has 206 valence electrons. The van der Waals surface area contributed by atoms with E-state index >= 15 is 0 Å². The van der Waals surface area contributed by atoms with Crippen molar-refractivity contribution in [1.29, 1.82) is 0 Å². The third kappa shape index (κ3) is 5.85. The quantitative estimate of drug-likeness (QED) is 0.482. The molecule has 0 bridgehead atoms. The monoisotopic (exact) mass is 571 g/mol. The maximum absolute atomic E-state index is 13.3. The van der Waals surface area contributed by atoms with Crippen LogP contribution in [0.15, 0.2) is 33.5 Å². The molecule has 3 heterocycles. The number of carbonyl (C=O) groups is 3. The van der Waals surface area contributed by atoms with Gasteiger partial charge in [-0.05, 0) is 44.5 Å². The molecule has 0 unspecified atom stereocenters. The van der Waals surface area contributed by atoms with Gasteiger partial charge in [0, 0.05) is 61.5 Å². The van der Waals surface area contributed by atoms with Crippen molar-refractivity contribution < 1.29 is 18.8 Å². The fourth-order valence-electron chi connectivity index (χ4n) is 5.22. The number of hydrogen-bond acceptors (Lipinski definition) is 8. The SMILES string of the molecule is CN1CCc2nc(C(=O)N[C@@H]3C[C@@H](C(=O)N(C)C)CC[C@@H]3NC(=O)c3cc(=O)c4cc(Cl)ccc4o3)sc2C1. The largest absolute Gasteiger partial charge is 0.451 e. The highest BCUT2D eigenvalue weighted by molar-refractivity contribution is 7.13. The number of likely N-dealkylation sites (N-methyl/N-ethyl adjacent to an activating group) is 1. The number of carbonyl (C=O) groups excluding carboxylic acids is 3. The van der Waals surface area contributed by atoms with E-state index in [1.807, 2.05) is 7.05 Å². The Hall–Kier alpha value is -3.28. The van der Waals surface area contributed by atoms with E-state index in [0.717, 1.165) is 36.1 Å². The molecule has 2 aromatic heterocycles.